The Hall–Kier alpha value is -3.60. The summed E-state index contributed by atoms with van der Waals surface area (Å²) in [4.78, 5) is 9.14. The van der Waals surface area contributed by atoms with E-state index in [1.165, 1.54) is 0 Å². The first-order valence-corrected chi connectivity index (χ1v) is 9.17. The average Bonchev–Trinajstić information content (AvgIpc) is 2.77. The van der Waals surface area contributed by atoms with Crippen LogP contribution in [0.25, 0.3) is 21.9 Å². The minimum absolute atomic E-state index is 0.688. The van der Waals surface area contributed by atoms with Gasteiger partial charge in [0.1, 0.15) is 17.4 Å². The van der Waals surface area contributed by atoms with Gasteiger partial charge in [0.2, 0.25) is 0 Å². The fourth-order valence-electron chi connectivity index (χ4n) is 3.21. The molecule has 0 amide bonds. The van der Waals surface area contributed by atoms with Crippen LogP contribution in [0.5, 0.6) is 5.75 Å². The number of benzene rings is 2. The minimum Gasteiger partial charge on any atom is -0.497 e. The molecule has 28 heavy (non-hydrogen) atoms. The molecule has 0 bridgehead atoms. The first kappa shape index (κ1) is 17.8. The van der Waals surface area contributed by atoms with Gasteiger partial charge in [0.25, 0.3) is 0 Å². The average molecular weight is 370 g/mol. The summed E-state index contributed by atoms with van der Waals surface area (Å²) >= 11 is 0. The van der Waals surface area contributed by atoms with Gasteiger partial charge in [-0.25, -0.2) is 9.97 Å². The van der Waals surface area contributed by atoms with Crippen molar-refractivity contribution in [2.24, 2.45) is 0 Å². The van der Waals surface area contributed by atoms with Gasteiger partial charge in [-0.2, -0.15) is 0 Å². The molecule has 4 aromatic rings. The van der Waals surface area contributed by atoms with Crippen LogP contribution in [-0.2, 0) is 6.54 Å². The Labute approximate surface area is 164 Å². The number of fused-ring (bicyclic) bond motifs is 1. The molecule has 2 aromatic heterocycles. The summed E-state index contributed by atoms with van der Waals surface area (Å²) in [7, 11) is 3.55. The summed E-state index contributed by atoms with van der Waals surface area (Å²) in [5, 5.41) is 8.68. The first-order valence-electron chi connectivity index (χ1n) is 9.17. The van der Waals surface area contributed by atoms with Crippen LogP contribution in [0.15, 0.2) is 73.1 Å². The van der Waals surface area contributed by atoms with E-state index in [0.29, 0.717) is 6.54 Å². The van der Waals surface area contributed by atoms with Gasteiger partial charge in [0.05, 0.1) is 7.11 Å². The number of hydrogen-bond donors (Lipinski definition) is 2. The molecule has 0 saturated carbocycles. The standard InChI is InChI=1S/C23H22N4O/c1-24-23-21-15-26-22(25-13-16-8-10-18(28-2)11-9-16)12-19(21)20(14-27-23)17-6-4-3-5-7-17/h3-12,14-15H,13H2,1-2H3,(H,24,27)(H,25,26). The largest absolute Gasteiger partial charge is 0.497 e. The van der Waals surface area contributed by atoms with Crippen molar-refractivity contribution in [3.8, 4) is 16.9 Å². The lowest BCUT2D eigenvalue weighted by atomic mass is 10.0. The van der Waals surface area contributed by atoms with E-state index in [1.807, 2.05) is 61.9 Å². The van der Waals surface area contributed by atoms with Crippen molar-refractivity contribution >= 4 is 22.4 Å². The summed E-state index contributed by atoms with van der Waals surface area (Å²) in [6.07, 6.45) is 3.79. The monoisotopic (exact) mass is 370 g/mol. The summed E-state index contributed by atoms with van der Waals surface area (Å²) in [5.74, 6) is 2.50. The number of nitrogens with zero attached hydrogens (tertiary/aromatic N) is 2. The first-order chi connectivity index (χ1) is 13.8. The van der Waals surface area contributed by atoms with Gasteiger partial charge < -0.3 is 15.4 Å². The van der Waals surface area contributed by atoms with Crippen LogP contribution in [0.3, 0.4) is 0 Å². The third kappa shape index (κ3) is 3.60. The molecule has 0 atom stereocenters. The van der Waals surface area contributed by atoms with E-state index >= 15 is 0 Å². The van der Waals surface area contributed by atoms with E-state index in [4.69, 9.17) is 4.74 Å². The zero-order chi connectivity index (χ0) is 19.3. The van der Waals surface area contributed by atoms with Crippen LogP contribution < -0.4 is 15.4 Å². The lowest BCUT2D eigenvalue weighted by Crippen LogP contribution is -2.02. The molecule has 0 fully saturated rings. The zero-order valence-corrected chi connectivity index (χ0v) is 15.9. The topological polar surface area (TPSA) is 59.1 Å². The van der Waals surface area contributed by atoms with Crippen LogP contribution >= 0.6 is 0 Å². The normalized spacial score (nSPS) is 10.6. The lowest BCUT2D eigenvalue weighted by Gasteiger charge is -2.12. The Bertz CT molecular complexity index is 1080. The molecule has 0 radical (unpaired) electrons. The van der Waals surface area contributed by atoms with E-state index in [9.17, 15) is 0 Å². The summed E-state index contributed by atoms with van der Waals surface area (Å²) in [5.41, 5.74) is 3.39. The van der Waals surface area contributed by atoms with Crippen molar-refractivity contribution in [2.45, 2.75) is 6.54 Å². The van der Waals surface area contributed by atoms with Gasteiger partial charge in [-0.05, 0) is 34.7 Å². The summed E-state index contributed by atoms with van der Waals surface area (Å²) in [6, 6.07) is 20.4. The smallest absolute Gasteiger partial charge is 0.135 e. The quantitative estimate of drug-likeness (QED) is 0.502. The number of nitrogens with one attached hydrogen (secondary N) is 2. The van der Waals surface area contributed by atoms with Gasteiger partial charge in [-0.1, -0.05) is 42.5 Å². The van der Waals surface area contributed by atoms with E-state index in [0.717, 1.165) is 44.8 Å². The summed E-state index contributed by atoms with van der Waals surface area (Å²) in [6.45, 7) is 0.688. The van der Waals surface area contributed by atoms with Gasteiger partial charge >= 0.3 is 0 Å². The summed E-state index contributed by atoms with van der Waals surface area (Å²) < 4.78 is 5.21. The van der Waals surface area contributed by atoms with Crippen molar-refractivity contribution < 1.29 is 4.74 Å². The lowest BCUT2D eigenvalue weighted by molar-refractivity contribution is 0.414. The maximum absolute atomic E-state index is 5.21. The van der Waals surface area contributed by atoms with Crippen LogP contribution in [-0.4, -0.2) is 24.1 Å². The fourth-order valence-corrected chi connectivity index (χ4v) is 3.21. The number of aromatic nitrogens is 2. The van der Waals surface area contributed by atoms with E-state index in [1.54, 1.807) is 7.11 Å². The van der Waals surface area contributed by atoms with Crippen LogP contribution in [0.4, 0.5) is 11.6 Å². The molecule has 0 spiro atoms. The second-order valence-corrected chi connectivity index (χ2v) is 6.45. The highest BCUT2D eigenvalue weighted by Crippen LogP contribution is 2.32. The fraction of sp³-hybridized carbons (Fsp3) is 0.130. The molecule has 0 saturated heterocycles. The Balaban J connectivity index is 1.68. The molecule has 0 unspecified atom stereocenters. The third-order valence-electron chi connectivity index (χ3n) is 4.73. The molecule has 5 nitrogen and oxygen atoms in total. The second kappa shape index (κ2) is 7.96. The Morgan fingerprint density at radius 3 is 2.39 bits per heavy atom. The Morgan fingerprint density at radius 2 is 1.68 bits per heavy atom. The maximum Gasteiger partial charge on any atom is 0.135 e. The van der Waals surface area contributed by atoms with Crippen molar-refractivity contribution in [3.05, 3.63) is 78.6 Å². The SMILES string of the molecule is CNc1ncc(-c2ccccc2)c2cc(NCc3ccc(OC)cc3)ncc12. The predicted molar refractivity (Wildman–Crippen MR) is 115 cm³/mol. The highest BCUT2D eigenvalue weighted by molar-refractivity contribution is 6.02. The van der Waals surface area contributed by atoms with Crippen molar-refractivity contribution in [1.82, 2.24) is 9.97 Å². The molecule has 2 heterocycles. The van der Waals surface area contributed by atoms with Gasteiger partial charge in [0.15, 0.2) is 0 Å². The number of rotatable bonds is 6. The molecule has 140 valence electrons. The van der Waals surface area contributed by atoms with Crippen LogP contribution in [0.2, 0.25) is 0 Å². The van der Waals surface area contributed by atoms with E-state index in [-0.39, 0.29) is 0 Å². The molecule has 2 N–H and O–H groups in total. The maximum atomic E-state index is 5.21. The molecule has 4 rings (SSSR count). The minimum atomic E-state index is 0.688. The molecular weight excluding hydrogens is 348 g/mol. The third-order valence-corrected chi connectivity index (χ3v) is 4.73. The van der Waals surface area contributed by atoms with Gasteiger partial charge in [-0.3, -0.25) is 0 Å². The van der Waals surface area contributed by atoms with Crippen LogP contribution in [0.1, 0.15) is 5.56 Å². The van der Waals surface area contributed by atoms with Gasteiger partial charge in [0, 0.05) is 36.9 Å². The molecule has 0 aliphatic rings. The number of anilines is 2. The van der Waals surface area contributed by atoms with Crippen LogP contribution in [0, 0.1) is 0 Å². The Kier molecular flexibility index (Phi) is 5.06. The molecule has 0 aliphatic heterocycles. The highest BCUT2D eigenvalue weighted by Gasteiger charge is 2.10. The molecule has 2 aromatic carbocycles. The van der Waals surface area contributed by atoms with E-state index in [2.05, 4.69) is 38.8 Å². The molecular formula is C23H22N4O. The molecule has 5 heteroatoms. The number of hydrogen-bond acceptors (Lipinski definition) is 5. The Morgan fingerprint density at radius 1 is 0.893 bits per heavy atom. The predicted octanol–water partition coefficient (Wildman–Crippen LogP) is 4.96. The number of methoxy groups -OCH3 is 1. The highest BCUT2D eigenvalue weighted by atomic mass is 16.5. The van der Waals surface area contributed by atoms with Gasteiger partial charge in [-0.15, -0.1) is 0 Å². The van der Waals surface area contributed by atoms with Crippen molar-refractivity contribution in [2.75, 3.05) is 24.8 Å². The van der Waals surface area contributed by atoms with E-state index < -0.39 is 0 Å². The number of ether oxygens (including phenoxy) is 1. The van der Waals surface area contributed by atoms with Crippen molar-refractivity contribution in [3.63, 3.8) is 0 Å². The molecule has 0 aliphatic carbocycles. The number of pyridine rings is 2. The second-order valence-electron chi connectivity index (χ2n) is 6.45. The zero-order valence-electron chi connectivity index (χ0n) is 15.9. The van der Waals surface area contributed by atoms with Crippen molar-refractivity contribution in [1.29, 1.82) is 0 Å².